The van der Waals surface area contributed by atoms with Crippen LogP contribution in [0, 0.1) is 0 Å². The highest BCUT2D eigenvalue weighted by Gasteiger charge is 2.36. The summed E-state index contributed by atoms with van der Waals surface area (Å²) in [6.45, 7) is 3.11. The fraction of sp³-hybridized carbons (Fsp3) is 0.250. The van der Waals surface area contributed by atoms with E-state index in [9.17, 15) is 9.59 Å². The summed E-state index contributed by atoms with van der Waals surface area (Å²) in [6.07, 6.45) is 4.02. The smallest absolute Gasteiger partial charge is 0.267 e. The number of amides is 1. The van der Waals surface area contributed by atoms with Crippen molar-refractivity contribution in [3.8, 4) is 0 Å². The zero-order chi connectivity index (χ0) is 23.4. The van der Waals surface area contributed by atoms with Crippen LogP contribution in [0.1, 0.15) is 30.5 Å². The van der Waals surface area contributed by atoms with Gasteiger partial charge >= 0.3 is 0 Å². The van der Waals surface area contributed by atoms with Gasteiger partial charge in [0.15, 0.2) is 0 Å². The summed E-state index contributed by atoms with van der Waals surface area (Å²) < 4.78 is 7.04. The first-order chi connectivity index (χ1) is 16.0. The first-order valence-electron chi connectivity index (χ1n) is 10.6. The molecule has 4 rings (SSSR count). The van der Waals surface area contributed by atoms with E-state index in [-0.39, 0.29) is 17.5 Å². The van der Waals surface area contributed by atoms with E-state index < -0.39 is 0 Å². The molecule has 7 nitrogen and oxygen atoms in total. The Hall–Kier alpha value is -3.01. The lowest BCUT2D eigenvalue weighted by molar-refractivity contribution is -0.123. The molecule has 0 bridgehead atoms. The van der Waals surface area contributed by atoms with Gasteiger partial charge in [-0.3, -0.25) is 18.9 Å². The van der Waals surface area contributed by atoms with Gasteiger partial charge in [0.25, 0.3) is 11.5 Å². The summed E-state index contributed by atoms with van der Waals surface area (Å²) in [7, 11) is 1.64. The number of hydrogen-bond donors (Lipinski definition) is 1. The molecule has 170 valence electrons. The molecule has 1 amide bonds. The fourth-order valence-corrected chi connectivity index (χ4v) is 5.02. The molecule has 1 aliphatic heterocycles. The number of nitrogens with zero attached hydrogens (tertiary/aromatic N) is 3. The molecular formula is C24H24N4O3S2. The van der Waals surface area contributed by atoms with Crippen molar-refractivity contribution in [1.82, 2.24) is 14.3 Å². The average molecular weight is 481 g/mol. The Morgan fingerprint density at radius 3 is 2.70 bits per heavy atom. The van der Waals surface area contributed by atoms with Crippen LogP contribution >= 0.6 is 24.0 Å². The maximum Gasteiger partial charge on any atom is 0.267 e. The lowest BCUT2D eigenvalue weighted by Crippen LogP contribution is -2.31. The van der Waals surface area contributed by atoms with Crippen LogP contribution < -0.4 is 10.9 Å². The number of hydrogen-bond acceptors (Lipinski definition) is 7. The van der Waals surface area contributed by atoms with Crippen LogP contribution in [0.2, 0.25) is 0 Å². The Morgan fingerprint density at radius 2 is 1.94 bits per heavy atom. The molecule has 9 heteroatoms. The molecule has 1 aromatic carbocycles. The first kappa shape index (κ1) is 23.2. The number of carbonyl (C=O) groups is 1. The normalized spacial score (nSPS) is 16.1. The highest BCUT2D eigenvalue weighted by atomic mass is 32.2. The molecule has 0 unspecified atom stereocenters. The van der Waals surface area contributed by atoms with Gasteiger partial charge in [0.2, 0.25) is 0 Å². The Morgan fingerprint density at radius 1 is 1.18 bits per heavy atom. The summed E-state index contributed by atoms with van der Waals surface area (Å²) >= 11 is 6.73. The zero-order valence-electron chi connectivity index (χ0n) is 18.4. The topological polar surface area (TPSA) is 75.9 Å². The molecule has 0 saturated carbocycles. The molecule has 2 aromatic heterocycles. The molecule has 3 aromatic rings. The van der Waals surface area contributed by atoms with Crippen LogP contribution in [-0.2, 0) is 9.53 Å². The maximum absolute atomic E-state index is 13.3. The molecule has 1 aliphatic rings. The second-order valence-corrected chi connectivity index (χ2v) is 9.20. The zero-order valence-corrected chi connectivity index (χ0v) is 20.0. The van der Waals surface area contributed by atoms with Crippen molar-refractivity contribution >= 4 is 51.7 Å². The predicted octanol–water partition coefficient (Wildman–Crippen LogP) is 4.11. The number of aromatic nitrogens is 2. The van der Waals surface area contributed by atoms with Gasteiger partial charge in [-0.2, -0.15) is 0 Å². The van der Waals surface area contributed by atoms with E-state index in [0.717, 1.165) is 12.0 Å². The number of benzene rings is 1. The largest absolute Gasteiger partial charge is 0.385 e. The van der Waals surface area contributed by atoms with E-state index in [1.54, 1.807) is 36.4 Å². The van der Waals surface area contributed by atoms with E-state index in [1.165, 1.54) is 16.2 Å². The molecule has 33 heavy (non-hydrogen) atoms. The second kappa shape index (κ2) is 10.3. The average Bonchev–Trinajstić information content (AvgIpc) is 3.11. The molecule has 1 fully saturated rings. The van der Waals surface area contributed by atoms with E-state index >= 15 is 0 Å². The highest BCUT2D eigenvalue weighted by Crippen LogP contribution is 2.38. The van der Waals surface area contributed by atoms with Crippen molar-refractivity contribution in [3.63, 3.8) is 0 Å². The van der Waals surface area contributed by atoms with Crippen molar-refractivity contribution in [2.75, 3.05) is 25.6 Å². The maximum atomic E-state index is 13.3. The van der Waals surface area contributed by atoms with E-state index in [0.29, 0.717) is 39.4 Å². The number of ether oxygens (including phenoxy) is 1. The minimum atomic E-state index is -0.254. The minimum absolute atomic E-state index is 0.216. The number of carbonyl (C=O) groups excluding carboxylic acids is 1. The predicted molar refractivity (Wildman–Crippen MR) is 136 cm³/mol. The van der Waals surface area contributed by atoms with Gasteiger partial charge in [0.05, 0.1) is 16.5 Å². The van der Waals surface area contributed by atoms with Crippen LogP contribution in [0.3, 0.4) is 0 Å². The van der Waals surface area contributed by atoms with Gasteiger partial charge in [0.1, 0.15) is 15.8 Å². The molecule has 3 heterocycles. The number of nitrogens with one attached hydrogen (secondary N) is 1. The van der Waals surface area contributed by atoms with E-state index in [4.69, 9.17) is 17.0 Å². The van der Waals surface area contributed by atoms with Crippen molar-refractivity contribution in [2.45, 2.75) is 19.4 Å². The standard InChI is InChI=1S/C24H24N4O3S2/c1-16(17-9-4-3-5-10-17)28-23(30)19(33-24(28)32)15-18-21(25-12-8-14-31-2)26-20-11-6-7-13-27(20)22(18)29/h3-7,9-11,13,15-16,25H,8,12,14H2,1-2H3/b19-15+/t16-/m1/s1. The third kappa shape index (κ3) is 4.85. The number of fused-ring (bicyclic) bond motifs is 1. The van der Waals surface area contributed by atoms with Crippen molar-refractivity contribution in [3.05, 3.63) is 81.1 Å². The van der Waals surface area contributed by atoms with Crippen LogP contribution in [0.25, 0.3) is 11.7 Å². The summed E-state index contributed by atoms with van der Waals surface area (Å²) in [6, 6.07) is 14.9. The fourth-order valence-electron chi connectivity index (χ4n) is 3.62. The van der Waals surface area contributed by atoms with Crippen molar-refractivity contribution in [2.24, 2.45) is 0 Å². The summed E-state index contributed by atoms with van der Waals surface area (Å²) in [4.78, 5) is 33.2. The number of thiocarbonyl (C=S) groups is 1. The van der Waals surface area contributed by atoms with E-state index in [2.05, 4.69) is 10.3 Å². The third-order valence-electron chi connectivity index (χ3n) is 5.35. The Kier molecular flexibility index (Phi) is 7.22. The highest BCUT2D eigenvalue weighted by molar-refractivity contribution is 8.26. The van der Waals surface area contributed by atoms with Crippen LogP contribution in [0.4, 0.5) is 5.82 Å². The lowest BCUT2D eigenvalue weighted by atomic mass is 10.1. The third-order valence-corrected chi connectivity index (χ3v) is 6.69. The summed E-state index contributed by atoms with van der Waals surface area (Å²) in [5, 5.41) is 3.22. The summed E-state index contributed by atoms with van der Waals surface area (Å²) in [5.41, 5.74) is 1.59. The monoisotopic (exact) mass is 480 g/mol. The van der Waals surface area contributed by atoms with Gasteiger partial charge in [-0.25, -0.2) is 4.98 Å². The number of thioether (sulfide) groups is 1. The van der Waals surface area contributed by atoms with Gasteiger partial charge < -0.3 is 10.1 Å². The van der Waals surface area contributed by atoms with Gasteiger partial charge in [0, 0.05) is 26.5 Å². The van der Waals surface area contributed by atoms with Gasteiger partial charge in [-0.1, -0.05) is 60.4 Å². The minimum Gasteiger partial charge on any atom is -0.385 e. The van der Waals surface area contributed by atoms with Crippen LogP contribution in [0.15, 0.2) is 64.4 Å². The van der Waals surface area contributed by atoms with Crippen molar-refractivity contribution < 1.29 is 9.53 Å². The van der Waals surface area contributed by atoms with E-state index in [1.807, 2.05) is 43.3 Å². The van der Waals surface area contributed by atoms with Crippen molar-refractivity contribution in [1.29, 1.82) is 0 Å². The Bertz CT molecular complexity index is 1270. The molecular weight excluding hydrogens is 456 g/mol. The number of pyridine rings is 1. The van der Waals surface area contributed by atoms with Gasteiger partial charge in [-0.15, -0.1) is 0 Å². The Labute approximate surface area is 201 Å². The first-order valence-corrected chi connectivity index (χ1v) is 11.8. The summed E-state index contributed by atoms with van der Waals surface area (Å²) in [5.74, 6) is 0.216. The molecule has 0 radical (unpaired) electrons. The van der Waals surface area contributed by atoms with Crippen LogP contribution in [-0.4, -0.2) is 44.8 Å². The second-order valence-electron chi connectivity index (χ2n) is 7.52. The lowest BCUT2D eigenvalue weighted by Gasteiger charge is -2.23. The van der Waals surface area contributed by atoms with Gasteiger partial charge in [-0.05, 0) is 37.1 Å². The molecule has 0 spiro atoms. The quantitative estimate of drug-likeness (QED) is 0.295. The molecule has 0 aliphatic carbocycles. The number of rotatable bonds is 8. The van der Waals surface area contributed by atoms with Crippen LogP contribution in [0.5, 0.6) is 0 Å². The Balaban J connectivity index is 1.71. The molecule has 1 saturated heterocycles. The molecule has 1 atom stereocenters. The number of anilines is 1. The SMILES string of the molecule is COCCCNc1nc2ccccn2c(=O)c1/C=C1/SC(=S)N([C@H](C)c2ccccc2)C1=O. The number of methoxy groups -OCH3 is 1. The molecule has 1 N–H and O–H groups in total.